The van der Waals surface area contributed by atoms with Gasteiger partial charge in [-0.1, -0.05) is 6.07 Å². The number of ether oxygens (including phenoxy) is 3. The van der Waals surface area contributed by atoms with Crippen LogP contribution in [0.25, 0.3) is 0 Å². The molecule has 0 radical (unpaired) electrons. The molecule has 1 aromatic carbocycles. The highest BCUT2D eigenvalue weighted by atomic mass is 16.7. The van der Waals surface area contributed by atoms with Crippen molar-refractivity contribution in [3.8, 4) is 11.5 Å². The molecule has 6 nitrogen and oxygen atoms in total. The monoisotopic (exact) mass is 329 g/mol. The highest BCUT2D eigenvalue weighted by Crippen LogP contribution is 2.34. The molecule has 3 heterocycles. The second-order valence-electron chi connectivity index (χ2n) is 6.37. The highest BCUT2D eigenvalue weighted by Gasteiger charge is 2.28. The molecule has 0 amide bonds. The summed E-state index contributed by atoms with van der Waals surface area (Å²) in [4.78, 5) is 2.46. The number of benzene rings is 1. The Morgan fingerprint density at radius 3 is 3.00 bits per heavy atom. The van der Waals surface area contributed by atoms with Gasteiger partial charge in [0.05, 0.1) is 18.5 Å². The minimum absolute atomic E-state index is 0.317. The first-order valence-corrected chi connectivity index (χ1v) is 8.43. The summed E-state index contributed by atoms with van der Waals surface area (Å²) < 4.78 is 18.4. The van der Waals surface area contributed by atoms with E-state index in [2.05, 4.69) is 33.7 Å². The lowest BCUT2D eigenvalue weighted by Gasteiger charge is -2.33. The van der Waals surface area contributed by atoms with Gasteiger partial charge in [-0.2, -0.15) is 5.10 Å². The zero-order valence-electron chi connectivity index (χ0n) is 14.2. The fourth-order valence-electron chi connectivity index (χ4n) is 3.66. The maximum atomic E-state index is 5.49. The van der Waals surface area contributed by atoms with E-state index in [4.69, 9.17) is 14.2 Å². The van der Waals surface area contributed by atoms with Crippen LogP contribution in [0.4, 0.5) is 0 Å². The van der Waals surface area contributed by atoms with Crippen LogP contribution < -0.4 is 9.47 Å². The number of rotatable bonds is 5. The van der Waals surface area contributed by atoms with Crippen molar-refractivity contribution in [2.75, 3.05) is 27.1 Å². The van der Waals surface area contributed by atoms with Crippen molar-refractivity contribution < 1.29 is 14.2 Å². The molecule has 24 heavy (non-hydrogen) atoms. The number of aryl methyl sites for hydroxylation is 1. The van der Waals surface area contributed by atoms with Crippen LogP contribution in [0.3, 0.4) is 0 Å². The van der Waals surface area contributed by atoms with E-state index in [1.54, 1.807) is 7.11 Å². The van der Waals surface area contributed by atoms with E-state index in [1.165, 1.54) is 16.8 Å². The minimum Gasteiger partial charge on any atom is -0.454 e. The number of fused-ring (bicyclic) bond motifs is 2. The van der Waals surface area contributed by atoms with Crippen LogP contribution in [0, 0.1) is 0 Å². The molecule has 0 N–H and O–H groups in total. The Bertz CT molecular complexity index is 728. The van der Waals surface area contributed by atoms with Crippen LogP contribution in [-0.2, 0) is 24.4 Å². The summed E-state index contributed by atoms with van der Waals surface area (Å²) in [5.74, 6) is 2.05. The third kappa shape index (κ3) is 2.76. The third-order valence-corrected chi connectivity index (χ3v) is 4.78. The maximum absolute atomic E-state index is 5.49. The molecule has 0 bridgehead atoms. The maximum Gasteiger partial charge on any atom is 0.231 e. The van der Waals surface area contributed by atoms with Crippen molar-refractivity contribution in [1.82, 2.24) is 14.7 Å². The van der Waals surface area contributed by atoms with Crippen LogP contribution in [0.15, 0.2) is 24.4 Å². The van der Waals surface area contributed by atoms with Gasteiger partial charge >= 0.3 is 0 Å². The van der Waals surface area contributed by atoms with Crippen LogP contribution in [0.2, 0.25) is 0 Å². The van der Waals surface area contributed by atoms with Crippen molar-refractivity contribution in [2.24, 2.45) is 0 Å². The molecule has 6 heteroatoms. The Kier molecular flexibility index (Phi) is 4.16. The fourth-order valence-corrected chi connectivity index (χ4v) is 3.66. The smallest absolute Gasteiger partial charge is 0.231 e. The van der Waals surface area contributed by atoms with Gasteiger partial charge in [0.15, 0.2) is 11.5 Å². The summed E-state index contributed by atoms with van der Waals surface area (Å²) in [6.07, 6.45) is 2.01. The Balaban J connectivity index is 1.55. The molecule has 1 unspecified atom stereocenters. The van der Waals surface area contributed by atoms with Crippen LogP contribution >= 0.6 is 0 Å². The molecule has 2 aliphatic heterocycles. The van der Waals surface area contributed by atoms with Crippen LogP contribution in [0.1, 0.15) is 29.7 Å². The molecule has 0 spiro atoms. The van der Waals surface area contributed by atoms with Crippen molar-refractivity contribution >= 4 is 0 Å². The van der Waals surface area contributed by atoms with Gasteiger partial charge in [-0.05, 0) is 24.6 Å². The fraction of sp³-hybridized carbons (Fsp3) is 0.500. The molecule has 2 aromatic rings. The SMILES string of the molecule is CCn1ncc2c1CN(Cc1ccc3c(c1)OCO3)CC2COC. The summed E-state index contributed by atoms with van der Waals surface area (Å²) in [5, 5.41) is 4.54. The first-order valence-electron chi connectivity index (χ1n) is 8.43. The van der Waals surface area contributed by atoms with E-state index in [9.17, 15) is 0 Å². The number of methoxy groups -OCH3 is 1. The van der Waals surface area contributed by atoms with Gasteiger partial charge in [-0.15, -0.1) is 0 Å². The van der Waals surface area contributed by atoms with Gasteiger partial charge in [-0.3, -0.25) is 9.58 Å². The topological polar surface area (TPSA) is 48.8 Å². The lowest BCUT2D eigenvalue weighted by molar-refractivity contribution is 0.134. The Morgan fingerprint density at radius 1 is 1.29 bits per heavy atom. The zero-order valence-corrected chi connectivity index (χ0v) is 14.2. The molecule has 1 atom stereocenters. The first-order chi connectivity index (χ1) is 11.8. The molecular formula is C18H23N3O3. The van der Waals surface area contributed by atoms with Crippen LogP contribution in [-0.4, -0.2) is 41.7 Å². The predicted molar refractivity (Wildman–Crippen MR) is 89.2 cm³/mol. The highest BCUT2D eigenvalue weighted by molar-refractivity contribution is 5.44. The standard InChI is InChI=1S/C18H23N3O3/c1-3-21-16-10-20(9-14(11-22-2)15(16)7-19-21)8-13-4-5-17-18(6-13)24-12-23-17/h4-7,14H,3,8-12H2,1-2H3. The van der Waals surface area contributed by atoms with Gasteiger partial charge in [0, 0.05) is 44.8 Å². The summed E-state index contributed by atoms with van der Waals surface area (Å²) >= 11 is 0. The summed E-state index contributed by atoms with van der Waals surface area (Å²) in [6, 6.07) is 6.20. The first kappa shape index (κ1) is 15.5. The van der Waals surface area contributed by atoms with E-state index < -0.39 is 0 Å². The quantitative estimate of drug-likeness (QED) is 0.843. The van der Waals surface area contributed by atoms with Crippen molar-refractivity contribution in [3.63, 3.8) is 0 Å². The molecule has 128 valence electrons. The molecule has 4 rings (SSSR count). The van der Waals surface area contributed by atoms with Gasteiger partial charge in [0.1, 0.15) is 0 Å². The largest absolute Gasteiger partial charge is 0.454 e. The molecule has 1 aromatic heterocycles. The molecule has 2 aliphatic rings. The number of aromatic nitrogens is 2. The zero-order chi connectivity index (χ0) is 16.5. The Hall–Kier alpha value is -2.05. The van der Waals surface area contributed by atoms with Gasteiger partial charge in [-0.25, -0.2) is 0 Å². The van der Waals surface area contributed by atoms with E-state index >= 15 is 0 Å². The van der Waals surface area contributed by atoms with Crippen molar-refractivity contribution in [3.05, 3.63) is 41.2 Å². The van der Waals surface area contributed by atoms with Gasteiger partial charge < -0.3 is 14.2 Å². The Labute approximate surface area is 141 Å². The molecule has 0 saturated heterocycles. The molecule has 0 saturated carbocycles. The van der Waals surface area contributed by atoms with Crippen molar-refractivity contribution in [1.29, 1.82) is 0 Å². The summed E-state index contributed by atoms with van der Waals surface area (Å²) in [7, 11) is 1.76. The van der Waals surface area contributed by atoms with Gasteiger partial charge in [0.2, 0.25) is 6.79 Å². The van der Waals surface area contributed by atoms with E-state index in [1.807, 2.05) is 12.3 Å². The molecular weight excluding hydrogens is 306 g/mol. The number of hydrogen-bond donors (Lipinski definition) is 0. The summed E-state index contributed by atoms with van der Waals surface area (Å²) in [6.45, 7) is 6.84. The average molecular weight is 329 g/mol. The predicted octanol–water partition coefficient (Wildman–Crippen LogP) is 2.38. The van der Waals surface area contributed by atoms with E-state index in [-0.39, 0.29) is 0 Å². The van der Waals surface area contributed by atoms with E-state index in [0.29, 0.717) is 12.7 Å². The molecule has 0 aliphatic carbocycles. The normalized spacial score (nSPS) is 19.5. The second-order valence-corrected chi connectivity index (χ2v) is 6.37. The lowest BCUT2D eigenvalue weighted by atomic mass is 9.95. The lowest BCUT2D eigenvalue weighted by Crippen LogP contribution is -2.35. The summed E-state index contributed by atoms with van der Waals surface area (Å²) in [5.41, 5.74) is 3.88. The van der Waals surface area contributed by atoms with Crippen molar-refractivity contribution in [2.45, 2.75) is 32.5 Å². The molecule has 0 fully saturated rings. The van der Waals surface area contributed by atoms with E-state index in [0.717, 1.165) is 44.3 Å². The minimum atomic E-state index is 0.317. The third-order valence-electron chi connectivity index (χ3n) is 4.78. The average Bonchev–Trinajstić information content (AvgIpc) is 3.21. The van der Waals surface area contributed by atoms with Gasteiger partial charge in [0.25, 0.3) is 0 Å². The second kappa shape index (κ2) is 6.45. The number of nitrogens with zero attached hydrogens (tertiary/aromatic N) is 3. The number of hydrogen-bond acceptors (Lipinski definition) is 5. The van der Waals surface area contributed by atoms with Crippen LogP contribution in [0.5, 0.6) is 11.5 Å². The Morgan fingerprint density at radius 2 is 2.17 bits per heavy atom.